The molecule has 2 fully saturated rings. The summed E-state index contributed by atoms with van der Waals surface area (Å²) in [7, 11) is 3.28. The van der Waals surface area contributed by atoms with Crippen LogP contribution in [-0.2, 0) is 64.0 Å². The fourth-order valence-electron chi connectivity index (χ4n) is 7.34. The number of alkyl halides is 3. The third kappa shape index (κ3) is 23.7. The molecule has 0 aromatic heterocycles. The van der Waals surface area contributed by atoms with E-state index in [9.17, 15) is 71.0 Å². The number of phenolic OH excluding ortho intramolecular Hbond substituents is 1. The second-order valence-corrected chi connectivity index (χ2v) is 22.6. The number of phenols is 1. The molecule has 0 bridgehead atoms. The third-order valence-electron chi connectivity index (χ3n) is 11.5. The number of hydrogen-bond donors (Lipinski definition) is 13. The van der Waals surface area contributed by atoms with E-state index in [1.807, 2.05) is 13.8 Å². The van der Waals surface area contributed by atoms with Crippen LogP contribution in [0.15, 0.2) is 24.3 Å². The average molecular weight is 1150 g/mol. The number of rotatable bonds is 17. The first kappa shape index (κ1) is 66.6. The molecule has 1 aromatic rings. The number of likely N-dealkylation sites (tertiary alicyclic amines) is 1. The molecule has 2 saturated heterocycles. The first-order chi connectivity index (χ1) is 35.9. The van der Waals surface area contributed by atoms with Gasteiger partial charge in [-0.3, -0.25) is 52.7 Å². The minimum absolute atomic E-state index is 0.0156. The number of nitrogens with one attached hydrogen (secondary N) is 7. The van der Waals surface area contributed by atoms with Gasteiger partial charge < -0.3 is 75.3 Å². The highest BCUT2D eigenvalue weighted by Crippen LogP contribution is 2.35. The van der Waals surface area contributed by atoms with E-state index in [0.717, 1.165) is 31.4 Å². The lowest BCUT2D eigenvalue weighted by Gasteiger charge is -2.31. The summed E-state index contributed by atoms with van der Waals surface area (Å²) >= 11 is 0. The molecule has 9 atom stereocenters. The third-order valence-corrected chi connectivity index (χ3v) is 15.8. The van der Waals surface area contributed by atoms with Gasteiger partial charge in [0.25, 0.3) is 0 Å². The van der Waals surface area contributed by atoms with E-state index in [1.54, 1.807) is 26.0 Å². The van der Waals surface area contributed by atoms with Crippen LogP contribution in [0.4, 0.5) is 13.2 Å². The molecule has 0 unspecified atom stereocenters. The highest BCUT2D eigenvalue weighted by atomic mass is 33.5. The number of nitrogens with zero attached hydrogens (tertiary/aromatic N) is 1. The second-order valence-electron chi connectivity index (χ2n) is 18.3. The summed E-state index contributed by atoms with van der Waals surface area (Å²) in [4.78, 5) is 157. The van der Waals surface area contributed by atoms with E-state index in [4.69, 9.17) is 32.8 Å². The second kappa shape index (κ2) is 32.3. The number of primary amides is 3. The summed E-state index contributed by atoms with van der Waals surface area (Å²) in [6, 6.07) is -4.91. The van der Waals surface area contributed by atoms with Crippen molar-refractivity contribution in [2.45, 2.75) is 134 Å². The standard InChI is InChI=1S/C43H66N12O12S3.C2HF3O2/c1-5-22(4)35-42(66)49-26(12-13-32(45)57)38(62)51-29(17-33(46)58)39(63)53-30(43(67)55-14-6-7-31(55)41(65)52-27(15-21(2)3)37(61)48-18-34(47)59)20-69-70-68-19-25(44)36(60)50-28(40(64)54-35)16-23-8-10-24(56)11-9-23;3-2(4,5)1(6)7/h8-11,21-22,25-31,35,56H,5-7,12-20,44H2,1-4H3,(H2,45,57)(H2,46,58)(H2,47,59)(H,48,61)(H,49,66)(H,50,60)(H,51,62)(H,52,65)(H,53,63)(H,54,64);(H,6,7)/t22-,25-,26-,27-,28-,29-,30-,31-,35-;/m0./s1. The molecule has 32 heteroatoms. The zero-order valence-electron chi connectivity index (χ0n) is 42.5. The van der Waals surface area contributed by atoms with Crippen molar-refractivity contribution in [1.82, 2.24) is 42.1 Å². The van der Waals surface area contributed by atoms with Crippen molar-refractivity contribution < 1.29 is 80.9 Å². The van der Waals surface area contributed by atoms with Gasteiger partial charge in [0.05, 0.1) is 19.0 Å². The number of aromatic hydroxyl groups is 1. The Morgan fingerprint density at radius 2 is 1.36 bits per heavy atom. The first-order valence-corrected chi connectivity index (χ1v) is 27.8. The molecule has 0 spiro atoms. The average Bonchev–Trinajstić information content (AvgIpc) is 3.84. The molecule has 11 amide bonds. The number of nitrogens with two attached hydrogens (primary N) is 4. The van der Waals surface area contributed by atoms with E-state index >= 15 is 0 Å². The lowest BCUT2D eigenvalue weighted by Crippen LogP contribution is -2.61. The van der Waals surface area contributed by atoms with E-state index in [0.29, 0.717) is 18.4 Å². The largest absolute Gasteiger partial charge is 0.508 e. The molecule has 2 aliphatic heterocycles. The Hall–Kier alpha value is -6.54. The molecule has 17 N–H and O–H groups in total. The zero-order valence-corrected chi connectivity index (χ0v) is 44.9. The van der Waals surface area contributed by atoms with E-state index in [1.165, 1.54) is 17.0 Å². The Kier molecular flexibility index (Phi) is 27.9. The quantitative estimate of drug-likeness (QED) is 0.0728. The van der Waals surface area contributed by atoms with Gasteiger partial charge in [-0.2, -0.15) is 13.2 Å². The Balaban J connectivity index is 0.00000270. The van der Waals surface area contributed by atoms with Crippen molar-refractivity contribution in [1.29, 1.82) is 0 Å². The van der Waals surface area contributed by atoms with Crippen LogP contribution in [0.1, 0.15) is 78.2 Å². The maximum absolute atomic E-state index is 14.5. The first-order valence-electron chi connectivity index (χ1n) is 23.9. The predicted molar refractivity (Wildman–Crippen MR) is 276 cm³/mol. The molecule has 1 aromatic carbocycles. The van der Waals surface area contributed by atoms with Crippen LogP contribution in [-0.4, -0.2) is 165 Å². The molecule has 3 rings (SSSR count). The monoisotopic (exact) mass is 1150 g/mol. The van der Waals surface area contributed by atoms with Crippen LogP contribution in [0.3, 0.4) is 0 Å². The number of carboxylic acid groups (broad SMARTS) is 1. The molecule has 77 heavy (non-hydrogen) atoms. The molecule has 0 saturated carbocycles. The predicted octanol–water partition coefficient (Wildman–Crippen LogP) is -2.33. The van der Waals surface area contributed by atoms with Crippen molar-refractivity contribution in [3.8, 4) is 5.75 Å². The normalized spacial score (nSPS) is 23.1. The smallest absolute Gasteiger partial charge is 0.490 e. The zero-order chi connectivity index (χ0) is 58.3. The van der Waals surface area contributed by atoms with Gasteiger partial charge in [-0.25, -0.2) is 4.79 Å². The fraction of sp³-hybridized carbons (Fsp3) is 0.600. The Morgan fingerprint density at radius 1 is 0.792 bits per heavy atom. The van der Waals surface area contributed by atoms with Gasteiger partial charge in [-0.15, -0.1) is 0 Å². The van der Waals surface area contributed by atoms with Gasteiger partial charge in [-0.05, 0) is 65.0 Å². The van der Waals surface area contributed by atoms with Crippen molar-refractivity contribution in [2.75, 3.05) is 24.6 Å². The number of carboxylic acids is 1. The van der Waals surface area contributed by atoms with Crippen LogP contribution < -0.4 is 60.2 Å². The van der Waals surface area contributed by atoms with Crippen molar-refractivity contribution >= 4 is 102 Å². The molecule has 430 valence electrons. The van der Waals surface area contributed by atoms with Crippen LogP contribution in [0, 0.1) is 11.8 Å². The summed E-state index contributed by atoms with van der Waals surface area (Å²) in [6.07, 6.45) is -5.74. The van der Waals surface area contributed by atoms with Gasteiger partial charge in [0, 0.05) is 30.9 Å². The van der Waals surface area contributed by atoms with Gasteiger partial charge in [0.1, 0.15) is 48.0 Å². The van der Waals surface area contributed by atoms with Crippen LogP contribution in [0.2, 0.25) is 0 Å². The minimum Gasteiger partial charge on any atom is -0.508 e. The van der Waals surface area contributed by atoms with E-state index in [2.05, 4.69) is 37.2 Å². The molecular formula is C45H67F3N12O14S3. The van der Waals surface area contributed by atoms with Gasteiger partial charge in [0.2, 0.25) is 65.0 Å². The Bertz CT molecular complexity index is 2290. The van der Waals surface area contributed by atoms with Crippen LogP contribution in [0.5, 0.6) is 5.75 Å². The Labute approximate surface area is 452 Å². The SMILES string of the molecule is CC[C@H](C)[C@@H]1NC(=O)[C@H](Cc2ccc(O)cc2)NC(=O)[C@@H](N)CSSSC[C@@H](C(=O)N2CCC[C@H]2C(=O)N[C@@H](CC(C)C)C(=O)NCC(N)=O)NC(=O)[C@H](CC(N)=O)NC(=O)[C@H](CCC(N)=O)NC1=O.O=C(O)C(F)(F)F. The van der Waals surface area contributed by atoms with Crippen molar-refractivity contribution in [2.24, 2.45) is 34.8 Å². The molecular weight excluding hydrogens is 1090 g/mol. The number of carbonyl (C=O) groups excluding carboxylic acids is 11. The minimum atomic E-state index is -5.08. The highest BCUT2D eigenvalue weighted by molar-refractivity contribution is 9.09. The van der Waals surface area contributed by atoms with E-state index in [-0.39, 0.29) is 49.0 Å². The summed E-state index contributed by atoms with van der Waals surface area (Å²) in [5.74, 6) is -12.9. The van der Waals surface area contributed by atoms with Crippen LogP contribution >= 0.6 is 31.4 Å². The fourth-order valence-corrected chi connectivity index (χ4v) is 11.2. The molecule has 26 nitrogen and oxygen atoms in total. The molecule has 2 heterocycles. The summed E-state index contributed by atoms with van der Waals surface area (Å²) in [5.41, 5.74) is 22.9. The molecule has 0 radical (unpaired) electrons. The lowest BCUT2D eigenvalue weighted by molar-refractivity contribution is -0.192. The molecule has 0 aliphatic carbocycles. The Morgan fingerprint density at radius 3 is 1.92 bits per heavy atom. The number of benzene rings is 1. The topological polar surface area (TPSA) is 437 Å². The number of amides is 11. The lowest BCUT2D eigenvalue weighted by atomic mass is 9.96. The summed E-state index contributed by atoms with van der Waals surface area (Å²) in [6.45, 7) is 6.63. The maximum atomic E-state index is 14.5. The summed E-state index contributed by atoms with van der Waals surface area (Å²) in [5, 5.41) is 34.9. The number of halogens is 3. The number of hydrogen-bond acceptors (Lipinski definition) is 17. The van der Waals surface area contributed by atoms with Gasteiger partial charge in [0.15, 0.2) is 0 Å². The van der Waals surface area contributed by atoms with Crippen molar-refractivity contribution in [3.63, 3.8) is 0 Å². The van der Waals surface area contributed by atoms with Gasteiger partial charge in [-0.1, -0.05) is 67.8 Å². The van der Waals surface area contributed by atoms with E-state index < -0.39 is 157 Å². The highest BCUT2D eigenvalue weighted by Gasteiger charge is 2.41. The molecule has 2 aliphatic rings. The maximum Gasteiger partial charge on any atom is 0.490 e. The summed E-state index contributed by atoms with van der Waals surface area (Å²) < 4.78 is 31.7. The van der Waals surface area contributed by atoms with Gasteiger partial charge >= 0.3 is 12.1 Å². The van der Waals surface area contributed by atoms with Crippen LogP contribution in [0.25, 0.3) is 0 Å². The number of aliphatic carboxylic acids is 1. The van der Waals surface area contributed by atoms with Crippen molar-refractivity contribution in [3.05, 3.63) is 29.8 Å². The number of carbonyl (C=O) groups is 12.